The maximum absolute atomic E-state index is 13.3. The van der Waals surface area contributed by atoms with E-state index in [2.05, 4.69) is 5.32 Å². The molecule has 0 aliphatic heterocycles. The van der Waals surface area contributed by atoms with Gasteiger partial charge in [0.1, 0.15) is 18.3 Å². The molecule has 1 saturated carbocycles. The minimum atomic E-state index is -3.54. The quantitative estimate of drug-likeness (QED) is 0.498. The third-order valence-corrected chi connectivity index (χ3v) is 4.01. The first kappa shape index (κ1) is 19.2. The molecule has 0 spiro atoms. The summed E-state index contributed by atoms with van der Waals surface area (Å²) in [6.07, 6.45) is -5.66. The Morgan fingerprint density at radius 1 is 1.41 bits per heavy atom. The summed E-state index contributed by atoms with van der Waals surface area (Å²) in [5.74, 6) is -4.80. The predicted octanol–water partition coefficient (Wildman–Crippen LogP) is -1.00. The number of carbonyl (C=O) groups excluding carboxylic acids is 1. The van der Waals surface area contributed by atoms with E-state index in [1.807, 2.05) is 0 Å². The number of aliphatic hydroxyl groups excluding tert-OH is 2. The fraction of sp³-hybridized carbons (Fsp3) is 0.923. The second kappa shape index (κ2) is 7.60. The third-order valence-electron chi connectivity index (χ3n) is 4.01. The molecule has 0 aromatic rings. The van der Waals surface area contributed by atoms with E-state index in [9.17, 15) is 23.8 Å². The summed E-state index contributed by atoms with van der Waals surface area (Å²) in [5, 5.41) is 21.8. The lowest BCUT2D eigenvalue weighted by Crippen LogP contribution is -2.65. The van der Waals surface area contributed by atoms with Crippen LogP contribution in [-0.2, 0) is 14.3 Å². The van der Waals surface area contributed by atoms with Gasteiger partial charge in [0, 0.05) is 26.7 Å². The highest BCUT2D eigenvalue weighted by Crippen LogP contribution is 2.26. The molecular formula is C13H24F2N2O5. The van der Waals surface area contributed by atoms with E-state index < -0.39 is 54.8 Å². The lowest BCUT2D eigenvalue weighted by molar-refractivity contribution is -0.162. The molecule has 1 amide bonds. The zero-order valence-electron chi connectivity index (χ0n) is 12.8. The van der Waals surface area contributed by atoms with Crippen LogP contribution in [0.2, 0.25) is 0 Å². The summed E-state index contributed by atoms with van der Waals surface area (Å²) in [5.41, 5.74) is 5.89. The van der Waals surface area contributed by atoms with Crippen LogP contribution in [0.1, 0.15) is 19.8 Å². The Kier molecular flexibility index (Phi) is 6.63. The number of hydrogen-bond donors (Lipinski definition) is 4. The first-order valence-electron chi connectivity index (χ1n) is 7.05. The van der Waals surface area contributed by atoms with Crippen molar-refractivity contribution in [3.8, 4) is 0 Å². The molecule has 0 aromatic heterocycles. The monoisotopic (exact) mass is 326 g/mol. The van der Waals surface area contributed by atoms with Gasteiger partial charge in [-0.1, -0.05) is 6.92 Å². The Morgan fingerprint density at radius 2 is 1.95 bits per heavy atom. The zero-order valence-corrected chi connectivity index (χ0v) is 12.8. The number of rotatable bonds is 6. The maximum atomic E-state index is 13.3. The van der Waals surface area contributed by atoms with Crippen molar-refractivity contribution in [2.75, 3.05) is 14.2 Å². The minimum Gasteiger partial charge on any atom is -0.388 e. The summed E-state index contributed by atoms with van der Waals surface area (Å²) >= 11 is 0. The van der Waals surface area contributed by atoms with Gasteiger partial charge in [0.2, 0.25) is 0 Å². The van der Waals surface area contributed by atoms with Gasteiger partial charge in [-0.15, -0.1) is 0 Å². The molecule has 0 bridgehead atoms. The van der Waals surface area contributed by atoms with Gasteiger partial charge in [0.25, 0.3) is 11.8 Å². The number of methoxy groups -OCH3 is 2. The van der Waals surface area contributed by atoms with Crippen LogP contribution in [-0.4, -0.2) is 72.8 Å². The van der Waals surface area contributed by atoms with Crippen LogP contribution >= 0.6 is 0 Å². The van der Waals surface area contributed by atoms with E-state index in [0.717, 1.165) is 6.92 Å². The molecule has 1 unspecified atom stereocenters. The van der Waals surface area contributed by atoms with E-state index in [1.165, 1.54) is 14.2 Å². The summed E-state index contributed by atoms with van der Waals surface area (Å²) < 4.78 is 37.0. The van der Waals surface area contributed by atoms with E-state index >= 15 is 0 Å². The van der Waals surface area contributed by atoms with Crippen molar-refractivity contribution in [3.63, 3.8) is 0 Å². The molecule has 7 nitrogen and oxygen atoms in total. The van der Waals surface area contributed by atoms with Gasteiger partial charge in [-0.3, -0.25) is 4.79 Å². The standard InChI is InChI=1S/C13H24F2N2O5/c1-4-13(14,15)11(19)12(20)17-7-5-6(16)9(21-2)10(22-3)8(7)18/h6-11,18-19H,4-5,16H2,1-3H3,(H,17,20)/t6-,7+,8-,9+,10+,11?/m0/s1. The fourth-order valence-corrected chi connectivity index (χ4v) is 2.61. The number of hydrogen-bond acceptors (Lipinski definition) is 6. The van der Waals surface area contributed by atoms with Crippen LogP contribution in [0.3, 0.4) is 0 Å². The van der Waals surface area contributed by atoms with Gasteiger partial charge >= 0.3 is 0 Å². The van der Waals surface area contributed by atoms with Crippen molar-refractivity contribution in [2.45, 2.75) is 62.2 Å². The number of nitrogens with two attached hydrogens (primary N) is 1. The highest BCUT2D eigenvalue weighted by molar-refractivity contribution is 5.82. The molecular weight excluding hydrogens is 302 g/mol. The zero-order chi connectivity index (χ0) is 17.1. The lowest BCUT2D eigenvalue weighted by atomic mass is 9.84. The van der Waals surface area contributed by atoms with Gasteiger partial charge in [0.05, 0.1) is 6.04 Å². The molecule has 130 valence electrons. The molecule has 1 fully saturated rings. The van der Waals surface area contributed by atoms with Crippen molar-refractivity contribution >= 4 is 5.91 Å². The number of halogens is 2. The van der Waals surface area contributed by atoms with Crippen molar-refractivity contribution in [1.82, 2.24) is 5.32 Å². The van der Waals surface area contributed by atoms with Crippen LogP contribution in [0.15, 0.2) is 0 Å². The van der Waals surface area contributed by atoms with Crippen molar-refractivity contribution in [1.29, 1.82) is 0 Å². The van der Waals surface area contributed by atoms with Gasteiger partial charge in [-0.25, -0.2) is 8.78 Å². The molecule has 0 radical (unpaired) electrons. The van der Waals surface area contributed by atoms with E-state index in [4.69, 9.17) is 15.2 Å². The normalized spacial score (nSPS) is 34.3. The maximum Gasteiger partial charge on any atom is 0.282 e. The molecule has 1 rings (SSSR count). The molecule has 5 N–H and O–H groups in total. The predicted molar refractivity (Wildman–Crippen MR) is 73.4 cm³/mol. The smallest absolute Gasteiger partial charge is 0.282 e. The molecule has 9 heteroatoms. The second-order valence-corrected chi connectivity index (χ2v) is 5.42. The largest absolute Gasteiger partial charge is 0.388 e. The van der Waals surface area contributed by atoms with Gasteiger partial charge in [0.15, 0.2) is 6.10 Å². The fourth-order valence-electron chi connectivity index (χ4n) is 2.61. The Morgan fingerprint density at radius 3 is 2.41 bits per heavy atom. The van der Waals surface area contributed by atoms with Crippen LogP contribution in [0.4, 0.5) is 8.78 Å². The second-order valence-electron chi connectivity index (χ2n) is 5.42. The number of amides is 1. The van der Waals surface area contributed by atoms with Crippen LogP contribution in [0.25, 0.3) is 0 Å². The van der Waals surface area contributed by atoms with E-state index in [-0.39, 0.29) is 6.42 Å². The SMILES string of the molecule is CCC(F)(F)C(O)C(=O)N[C@@H]1C[C@H](N)[C@@H](OC)[C@H](OC)[C@H]1O. The third kappa shape index (κ3) is 3.90. The van der Waals surface area contributed by atoms with Crippen molar-refractivity contribution in [3.05, 3.63) is 0 Å². The number of carbonyl (C=O) groups is 1. The minimum absolute atomic E-state index is 0.107. The summed E-state index contributed by atoms with van der Waals surface area (Å²) in [7, 11) is 2.75. The van der Waals surface area contributed by atoms with Crippen LogP contribution in [0.5, 0.6) is 0 Å². The molecule has 0 saturated heterocycles. The topological polar surface area (TPSA) is 114 Å². The Hall–Kier alpha value is -0.870. The number of alkyl halides is 2. The molecule has 1 aliphatic rings. The Balaban J connectivity index is 2.79. The number of nitrogens with one attached hydrogen (secondary N) is 1. The first-order chi connectivity index (χ1) is 10.2. The highest BCUT2D eigenvalue weighted by atomic mass is 19.3. The average molecular weight is 326 g/mol. The van der Waals surface area contributed by atoms with E-state index in [0.29, 0.717) is 0 Å². The number of aliphatic hydroxyl groups is 2. The lowest BCUT2D eigenvalue weighted by Gasteiger charge is -2.42. The van der Waals surface area contributed by atoms with E-state index in [1.54, 1.807) is 0 Å². The first-order valence-corrected chi connectivity index (χ1v) is 7.05. The van der Waals surface area contributed by atoms with Crippen LogP contribution in [0, 0.1) is 0 Å². The molecule has 0 aromatic carbocycles. The summed E-state index contributed by atoms with van der Waals surface area (Å²) in [4.78, 5) is 11.7. The molecule has 1 aliphatic carbocycles. The number of ether oxygens (including phenoxy) is 2. The average Bonchev–Trinajstić information content (AvgIpc) is 2.49. The van der Waals surface area contributed by atoms with Gasteiger partial charge in [-0.05, 0) is 6.42 Å². The Labute approximate surface area is 127 Å². The summed E-state index contributed by atoms with van der Waals surface area (Å²) in [6.45, 7) is 1.16. The van der Waals surface area contributed by atoms with Crippen molar-refractivity contribution < 1.29 is 33.3 Å². The van der Waals surface area contributed by atoms with Gasteiger partial charge in [-0.2, -0.15) is 0 Å². The highest BCUT2D eigenvalue weighted by Gasteiger charge is 2.47. The summed E-state index contributed by atoms with van der Waals surface area (Å²) in [6, 6.07) is -1.48. The molecule has 22 heavy (non-hydrogen) atoms. The molecule has 6 atom stereocenters. The van der Waals surface area contributed by atoms with Gasteiger partial charge < -0.3 is 30.7 Å². The molecule has 0 heterocycles. The van der Waals surface area contributed by atoms with Crippen LogP contribution < -0.4 is 11.1 Å². The van der Waals surface area contributed by atoms with Crippen molar-refractivity contribution in [2.24, 2.45) is 5.73 Å². The Bertz CT molecular complexity index is 385.